The zero-order chi connectivity index (χ0) is 12.7. The summed E-state index contributed by atoms with van der Waals surface area (Å²) >= 11 is 5.96. The molecule has 1 rings (SSSR count). The molecule has 0 saturated heterocycles. The number of likely N-dealkylation sites (N-methyl/N-ethyl adjacent to an activating group) is 1. The molecule has 0 aromatic heterocycles. The second-order valence-corrected chi connectivity index (χ2v) is 4.22. The number of aliphatic hydroxyl groups is 1. The zero-order valence-electron chi connectivity index (χ0n) is 10.0. The Labute approximate surface area is 107 Å². The molecule has 1 aromatic rings. The zero-order valence-corrected chi connectivity index (χ0v) is 10.8. The molecule has 3 nitrogen and oxygen atoms in total. The number of hydrogen-bond acceptors (Lipinski definition) is 3. The molecule has 0 aliphatic rings. The summed E-state index contributed by atoms with van der Waals surface area (Å²) in [6.07, 6.45) is 0.428. The Morgan fingerprint density at radius 3 is 2.65 bits per heavy atom. The fourth-order valence-corrected chi connectivity index (χ4v) is 1.89. The van der Waals surface area contributed by atoms with Gasteiger partial charge in [-0.25, -0.2) is 0 Å². The van der Waals surface area contributed by atoms with Crippen molar-refractivity contribution in [1.29, 1.82) is 0 Å². The first-order valence-corrected chi connectivity index (χ1v) is 6.17. The first-order chi connectivity index (χ1) is 8.19. The maximum absolute atomic E-state index is 11.9. The van der Waals surface area contributed by atoms with Gasteiger partial charge < -0.3 is 10.0 Å². The predicted molar refractivity (Wildman–Crippen MR) is 69.6 cm³/mol. The third kappa shape index (κ3) is 4.46. The van der Waals surface area contributed by atoms with Crippen LogP contribution in [0, 0.1) is 0 Å². The Balaban J connectivity index is 2.52. The van der Waals surface area contributed by atoms with Crippen LogP contribution in [-0.2, 0) is 0 Å². The molecule has 0 radical (unpaired) electrons. The van der Waals surface area contributed by atoms with Crippen molar-refractivity contribution in [3.8, 4) is 0 Å². The molecular weight excluding hydrogens is 238 g/mol. The lowest BCUT2D eigenvalue weighted by Gasteiger charge is -2.18. The predicted octanol–water partition coefficient (Wildman–Crippen LogP) is 2.23. The number of nitrogens with zero attached hydrogens (tertiary/aromatic N) is 1. The van der Waals surface area contributed by atoms with E-state index >= 15 is 0 Å². The van der Waals surface area contributed by atoms with Crippen LogP contribution in [0.1, 0.15) is 23.7 Å². The van der Waals surface area contributed by atoms with Crippen molar-refractivity contribution in [3.05, 3.63) is 34.9 Å². The van der Waals surface area contributed by atoms with Gasteiger partial charge in [-0.15, -0.1) is 0 Å². The van der Waals surface area contributed by atoms with E-state index in [1.165, 1.54) is 0 Å². The molecule has 94 valence electrons. The van der Waals surface area contributed by atoms with E-state index in [9.17, 15) is 4.79 Å². The van der Waals surface area contributed by atoms with Crippen LogP contribution >= 0.6 is 11.6 Å². The van der Waals surface area contributed by atoms with Gasteiger partial charge in [0.25, 0.3) is 0 Å². The minimum atomic E-state index is 0.0481. The molecule has 0 atom stereocenters. The molecule has 0 saturated carbocycles. The van der Waals surface area contributed by atoms with Gasteiger partial charge in [-0.3, -0.25) is 4.79 Å². The second-order valence-electron chi connectivity index (χ2n) is 3.81. The van der Waals surface area contributed by atoms with Crippen molar-refractivity contribution in [3.63, 3.8) is 0 Å². The van der Waals surface area contributed by atoms with Crippen molar-refractivity contribution >= 4 is 17.4 Å². The van der Waals surface area contributed by atoms with E-state index in [1.807, 2.05) is 24.0 Å². The molecule has 0 heterocycles. The summed E-state index contributed by atoms with van der Waals surface area (Å²) in [5.41, 5.74) is 0.578. The van der Waals surface area contributed by atoms with E-state index in [4.69, 9.17) is 16.7 Å². The summed E-state index contributed by atoms with van der Waals surface area (Å²) in [7, 11) is 0. The lowest BCUT2D eigenvalue weighted by molar-refractivity contribution is 0.0959. The number of rotatable bonds is 7. The molecule has 0 spiro atoms. The quantitative estimate of drug-likeness (QED) is 0.760. The molecule has 17 heavy (non-hydrogen) atoms. The minimum absolute atomic E-state index is 0.0481. The van der Waals surface area contributed by atoms with Crippen LogP contribution in [-0.4, -0.2) is 42.0 Å². The molecule has 0 bridgehead atoms. The average Bonchev–Trinajstić information content (AvgIpc) is 2.34. The smallest absolute Gasteiger partial charge is 0.165 e. The van der Waals surface area contributed by atoms with Gasteiger partial charge in [0.1, 0.15) is 0 Å². The number of hydrogen-bond donors (Lipinski definition) is 1. The van der Waals surface area contributed by atoms with Gasteiger partial charge in [0, 0.05) is 25.1 Å². The number of benzene rings is 1. The van der Waals surface area contributed by atoms with E-state index in [0.29, 0.717) is 30.1 Å². The standard InChI is InChI=1S/C13H18ClNO2/c1-2-15(9-10-16)8-7-13(17)11-5-3-4-6-12(11)14/h3-6,16H,2,7-10H2,1H3. The number of aliphatic hydroxyl groups excluding tert-OH is 1. The number of ketones is 1. The third-order valence-corrected chi connectivity index (χ3v) is 3.02. The summed E-state index contributed by atoms with van der Waals surface area (Å²) in [6.45, 7) is 4.22. The van der Waals surface area contributed by atoms with E-state index in [1.54, 1.807) is 12.1 Å². The van der Waals surface area contributed by atoms with E-state index in [2.05, 4.69) is 0 Å². The molecule has 1 aromatic carbocycles. The van der Waals surface area contributed by atoms with Gasteiger partial charge in [0.15, 0.2) is 5.78 Å². The molecule has 0 amide bonds. The maximum Gasteiger partial charge on any atom is 0.165 e. The normalized spacial score (nSPS) is 10.8. The van der Waals surface area contributed by atoms with Crippen LogP contribution in [0.15, 0.2) is 24.3 Å². The molecule has 0 unspecified atom stereocenters. The largest absolute Gasteiger partial charge is 0.395 e. The molecule has 1 N–H and O–H groups in total. The summed E-state index contributed by atoms with van der Waals surface area (Å²) in [5, 5.41) is 9.35. The Morgan fingerprint density at radius 1 is 1.35 bits per heavy atom. The first kappa shape index (κ1) is 14.2. The maximum atomic E-state index is 11.9. The van der Waals surface area contributed by atoms with E-state index < -0.39 is 0 Å². The molecule has 4 heteroatoms. The third-order valence-electron chi connectivity index (χ3n) is 2.69. The van der Waals surface area contributed by atoms with Crippen molar-refractivity contribution in [2.75, 3.05) is 26.2 Å². The summed E-state index contributed by atoms with van der Waals surface area (Å²) in [6, 6.07) is 7.08. The van der Waals surface area contributed by atoms with Crippen LogP contribution in [0.3, 0.4) is 0 Å². The lowest BCUT2D eigenvalue weighted by Crippen LogP contribution is -2.29. The molecule has 0 aliphatic heterocycles. The first-order valence-electron chi connectivity index (χ1n) is 5.80. The molecule has 0 aliphatic carbocycles. The Morgan fingerprint density at radius 2 is 2.06 bits per heavy atom. The lowest BCUT2D eigenvalue weighted by atomic mass is 10.1. The highest BCUT2D eigenvalue weighted by molar-refractivity contribution is 6.33. The van der Waals surface area contributed by atoms with Gasteiger partial charge in [-0.2, -0.15) is 0 Å². The van der Waals surface area contributed by atoms with Crippen LogP contribution in [0.2, 0.25) is 5.02 Å². The van der Waals surface area contributed by atoms with Crippen molar-refractivity contribution in [2.24, 2.45) is 0 Å². The molecule has 0 fully saturated rings. The van der Waals surface area contributed by atoms with Crippen LogP contribution in [0.5, 0.6) is 0 Å². The highest BCUT2D eigenvalue weighted by atomic mass is 35.5. The van der Waals surface area contributed by atoms with E-state index in [-0.39, 0.29) is 12.4 Å². The number of Topliss-reactive ketones (excluding diaryl/α,β-unsaturated/α-hetero) is 1. The summed E-state index contributed by atoms with van der Waals surface area (Å²) in [5.74, 6) is 0.0481. The SMILES string of the molecule is CCN(CCO)CCC(=O)c1ccccc1Cl. The summed E-state index contributed by atoms with van der Waals surface area (Å²) < 4.78 is 0. The second kappa shape index (κ2) is 7.43. The highest BCUT2D eigenvalue weighted by Crippen LogP contribution is 2.16. The Kier molecular flexibility index (Phi) is 6.19. The van der Waals surface area contributed by atoms with Crippen LogP contribution < -0.4 is 0 Å². The minimum Gasteiger partial charge on any atom is -0.395 e. The number of halogens is 1. The molecular formula is C13H18ClNO2. The number of carbonyl (C=O) groups excluding carboxylic acids is 1. The van der Waals surface area contributed by atoms with Crippen LogP contribution in [0.25, 0.3) is 0 Å². The van der Waals surface area contributed by atoms with Gasteiger partial charge in [-0.05, 0) is 18.7 Å². The van der Waals surface area contributed by atoms with Gasteiger partial charge in [0.2, 0.25) is 0 Å². The van der Waals surface area contributed by atoms with Crippen molar-refractivity contribution in [2.45, 2.75) is 13.3 Å². The topological polar surface area (TPSA) is 40.5 Å². The average molecular weight is 256 g/mol. The van der Waals surface area contributed by atoms with Gasteiger partial charge in [0.05, 0.1) is 11.6 Å². The Hall–Kier alpha value is -0.900. The summed E-state index contributed by atoms with van der Waals surface area (Å²) in [4.78, 5) is 14.0. The van der Waals surface area contributed by atoms with E-state index in [0.717, 1.165) is 6.54 Å². The number of carbonyl (C=O) groups is 1. The highest BCUT2D eigenvalue weighted by Gasteiger charge is 2.11. The van der Waals surface area contributed by atoms with Gasteiger partial charge in [-0.1, -0.05) is 30.7 Å². The fraction of sp³-hybridized carbons (Fsp3) is 0.462. The van der Waals surface area contributed by atoms with Crippen LogP contribution in [0.4, 0.5) is 0 Å². The fourth-order valence-electron chi connectivity index (χ4n) is 1.65. The van der Waals surface area contributed by atoms with Crippen molar-refractivity contribution in [1.82, 2.24) is 4.90 Å². The van der Waals surface area contributed by atoms with Crippen molar-refractivity contribution < 1.29 is 9.90 Å². The van der Waals surface area contributed by atoms with Gasteiger partial charge >= 0.3 is 0 Å². The Bertz CT molecular complexity index is 368. The monoisotopic (exact) mass is 255 g/mol.